The number of carbonyl (C=O) groups is 2. The van der Waals surface area contributed by atoms with Crippen molar-refractivity contribution in [2.24, 2.45) is 5.92 Å². The lowest BCUT2D eigenvalue weighted by Crippen LogP contribution is -2.53. The molecule has 2 amide bonds. The van der Waals surface area contributed by atoms with Gasteiger partial charge in [0.15, 0.2) is 0 Å². The maximum atomic E-state index is 12.4. The smallest absolute Gasteiger partial charge is 0.239 e. The minimum absolute atomic E-state index is 0.0551. The Bertz CT molecular complexity index is 426. The van der Waals surface area contributed by atoms with Gasteiger partial charge in [0, 0.05) is 46.2 Å². The van der Waals surface area contributed by atoms with E-state index in [1.54, 1.807) is 0 Å². The number of rotatable bonds is 4. The topological polar surface area (TPSA) is 43.9 Å². The Hall–Kier alpha value is -1.10. The van der Waals surface area contributed by atoms with Crippen LogP contribution in [0.3, 0.4) is 0 Å². The highest BCUT2D eigenvalue weighted by atomic mass is 16.2. The van der Waals surface area contributed by atoms with Gasteiger partial charge in [-0.2, -0.15) is 0 Å². The van der Waals surface area contributed by atoms with Crippen LogP contribution >= 0.6 is 0 Å². The van der Waals surface area contributed by atoms with Gasteiger partial charge in [-0.25, -0.2) is 0 Å². The number of hydrogen-bond acceptors (Lipinski definition) is 3. The maximum Gasteiger partial charge on any atom is 0.239 e. The van der Waals surface area contributed by atoms with Crippen LogP contribution in [0, 0.1) is 5.92 Å². The van der Waals surface area contributed by atoms with Gasteiger partial charge in [-0.1, -0.05) is 32.1 Å². The van der Waals surface area contributed by atoms with Gasteiger partial charge in [0.25, 0.3) is 0 Å². The van der Waals surface area contributed by atoms with E-state index in [1.807, 2.05) is 16.8 Å². The second-order valence-electron chi connectivity index (χ2n) is 7.52. The highest BCUT2D eigenvalue weighted by Gasteiger charge is 2.35. The van der Waals surface area contributed by atoms with E-state index in [0.29, 0.717) is 5.91 Å². The molecule has 130 valence electrons. The van der Waals surface area contributed by atoms with Crippen LogP contribution in [0.1, 0.15) is 51.4 Å². The molecule has 1 aliphatic carbocycles. The molecule has 0 N–H and O–H groups in total. The quantitative estimate of drug-likeness (QED) is 0.792. The van der Waals surface area contributed by atoms with Crippen molar-refractivity contribution in [1.82, 2.24) is 14.7 Å². The highest BCUT2D eigenvalue weighted by Crippen LogP contribution is 2.27. The van der Waals surface area contributed by atoms with E-state index in [2.05, 4.69) is 4.90 Å². The lowest BCUT2D eigenvalue weighted by Gasteiger charge is -2.37. The summed E-state index contributed by atoms with van der Waals surface area (Å²) in [5.41, 5.74) is 0. The summed E-state index contributed by atoms with van der Waals surface area (Å²) in [5.74, 6) is 1.35. The van der Waals surface area contributed by atoms with Gasteiger partial charge in [0.1, 0.15) is 0 Å². The average Bonchev–Trinajstić information content (AvgIpc) is 2.93. The summed E-state index contributed by atoms with van der Waals surface area (Å²) >= 11 is 0. The predicted octanol–water partition coefficient (Wildman–Crippen LogP) is 1.72. The molecular formula is C18H31N3O2. The van der Waals surface area contributed by atoms with Crippen molar-refractivity contribution < 1.29 is 9.59 Å². The van der Waals surface area contributed by atoms with Gasteiger partial charge >= 0.3 is 0 Å². The molecule has 0 radical (unpaired) electrons. The lowest BCUT2D eigenvalue weighted by molar-refractivity contribution is -0.135. The second-order valence-corrected chi connectivity index (χ2v) is 7.52. The third kappa shape index (κ3) is 4.06. The van der Waals surface area contributed by atoms with Gasteiger partial charge in [0.05, 0.1) is 6.04 Å². The first kappa shape index (κ1) is 16.7. The number of carbonyl (C=O) groups excluding carboxylic acids is 2. The standard InChI is InChI=1S/C18H31N3O2/c1-19-10-9-16(18(19)23)20-11-13-21(14-12-20)17(22)8-7-15-5-3-2-4-6-15/h15-16H,2-14H2,1H3. The van der Waals surface area contributed by atoms with Crippen molar-refractivity contribution in [2.45, 2.75) is 57.4 Å². The SMILES string of the molecule is CN1CCC(N2CCN(C(=O)CCC3CCCCC3)CC2)C1=O. The first-order valence-corrected chi connectivity index (χ1v) is 9.42. The van der Waals surface area contributed by atoms with Gasteiger partial charge in [0.2, 0.25) is 11.8 Å². The van der Waals surface area contributed by atoms with Gasteiger partial charge < -0.3 is 9.80 Å². The van der Waals surface area contributed by atoms with Crippen molar-refractivity contribution in [2.75, 3.05) is 39.8 Å². The van der Waals surface area contributed by atoms with E-state index in [1.165, 1.54) is 32.1 Å². The molecule has 1 saturated carbocycles. The van der Waals surface area contributed by atoms with Crippen LogP contribution < -0.4 is 0 Å². The van der Waals surface area contributed by atoms with E-state index in [4.69, 9.17) is 0 Å². The van der Waals surface area contributed by atoms with E-state index in [9.17, 15) is 9.59 Å². The molecule has 0 aromatic rings. The maximum absolute atomic E-state index is 12.4. The molecule has 5 nitrogen and oxygen atoms in total. The first-order valence-electron chi connectivity index (χ1n) is 9.42. The molecule has 3 rings (SSSR count). The monoisotopic (exact) mass is 321 g/mol. The molecule has 2 aliphatic heterocycles. The summed E-state index contributed by atoms with van der Waals surface area (Å²) in [6.45, 7) is 4.14. The first-order chi connectivity index (χ1) is 11.1. The Kier molecular flexibility index (Phi) is 5.57. The van der Waals surface area contributed by atoms with Gasteiger partial charge in [-0.15, -0.1) is 0 Å². The minimum atomic E-state index is 0.0551. The summed E-state index contributed by atoms with van der Waals surface area (Å²) in [7, 11) is 1.88. The van der Waals surface area contributed by atoms with E-state index < -0.39 is 0 Å². The molecular weight excluding hydrogens is 290 g/mol. The Morgan fingerprint density at radius 2 is 1.70 bits per heavy atom. The van der Waals surface area contributed by atoms with Crippen molar-refractivity contribution in [3.05, 3.63) is 0 Å². The molecule has 0 bridgehead atoms. The third-order valence-corrected chi connectivity index (χ3v) is 6.00. The molecule has 0 aromatic carbocycles. The number of amides is 2. The summed E-state index contributed by atoms with van der Waals surface area (Å²) in [5, 5.41) is 0. The molecule has 1 atom stereocenters. The van der Waals surface area contributed by atoms with Crippen LogP contribution in [0.2, 0.25) is 0 Å². The summed E-state index contributed by atoms with van der Waals surface area (Å²) in [6, 6.07) is 0.0551. The van der Waals surface area contributed by atoms with Crippen molar-refractivity contribution >= 4 is 11.8 Å². The Balaban J connectivity index is 1.39. The lowest BCUT2D eigenvalue weighted by atomic mass is 9.86. The molecule has 0 aromatic heterocycles. The van der Waals surface area contributed by atoms with E-state index in [-0.39, 0.29) is 11.9 Å². The molecule has 2 saturated heterocycles. The number of piperazine rings is 1. The number of nitrogens with zero attached hydrogens (tertiary/aromatic N) is 3. The van der Waals surface area contributed by atoms with Crippen LogP contribution in [-0.4, -0.2) is 72.3 Å². The predicted molar refractivity (Wildman–Crippen MR) is 90.0 cm³/mol. The van der Waals surface area contributed by atoms with Crippen LogP contribution in [0.4, 0.5) is 0 Å². The van der Waals surface area contributed by atoms with Crippen molar-refractivity contribution in [1.29, 1.82) is 0 Å². The zero-order chi connectivity index (χ0) is 16.2. The van der Waals surface area contributed by atoms with Crippen LogP contribution in [-0.2, 0) is 9.59 Å². The zero-order valence-electron chi connectivity index (χ0n) is 14.5. The minimum Gasteiger partial charge on any atom is -0.344 e. The molecule has 3 fully saturated rings. The molecule has 2 heterocycles. The van der Waals surface area contributed by atoms with E-state index >= 15 is 0 Å². The normalized spacial score (nSPS) is 27.7. The molecule has 0 spiro atoms. The average molecular weight is 321 g/mol. The van der Waals surface area contributed by atoms with Crippen LogP contribution in [0.5, 0.6) is 0 Å². The van der Waals surface area contributed by atoms with Gasteiger partial charge in [-0.05, 0) is 18.8 Å². The largest absolute Gasteiger partial charge is 0.344 e. The van der Waals surface area contributed by atoms with Crippen molar-refractivity contribution in [3.63, 3.8) is 0 Å². The van der Waals surface area contributed by atoms with Crippen LogP contribution in [0.25, 0.3) is 0 Å². The summed E-state index contributed by atoms with van der Waals surface area (Å²) < 4.78 is 0. The Morgan fingerprint density at radius 1 is 1.00 bits per heavy atom. The fourth-order valence-electron chi connectivity index (χ4n) is 4.39. The number of likely N-dealkylation sites (N-methyl/N-ethyl adjacent to an activating group) is 1. The molecule has 23 heavy (non-hydrogen) atoms. The Labute approximate surface area is 140 Å². The number of likely N-dealkylation sites (tertiary alicyclic amines) is 1. The molecule has 1 unspecified atom stereocenters. The van der Waals surface area contributed by atoms with Crippen molar-refractivity contribution in [3.8, 4) is 0 Å². The third-order valence-electron chi connectivity index (χ3n) is 6.00. The van der Waals surface area contributed by atoms with Gasteiger partial charge in [-0.3, -0.25) is 14.5 Å². The second kappa shape index (κ2) is 7.65. The number of hydrogen-bond donors (Lipinski definition) is 0. The zero-order valence-corrected chi connectivity index (χ0v) is 14.5. The molecule has 3 aliphatic rings. The Morgan fingerprint density at radius 3 is 2.30 bits per heavy atom. The fourth-order valence-corrected chi connectivity index (χ4v) is 4.39. The molecule has 5 heteroatoms. The van der Waals surface area contributed by atoms with Crippen LogP contribution in [0.15, 0.2) is 0 Å². The van der Waals surface area contributed by atoms with E-state index in [0.717, 1.165) is 57.9 Å². The summed E-state index contributed by atoms with van der Waals surface area (Å²) in [4.78, 5) is 30.6. The highest BCUT2D eigenvalue weighted by molar-refractivity contribution is 5.83. The fraction of sp³-hybridized carbons (Fsp3) is 0.889. The summed E-state index contributed by atoms with van der Waals surface area (Å²) in [6.07, 6.45) is 9.44.